The second-order valence-electron chi connectivity index (χ2n) is 8.45. The Balaban J connectivity index is 1.27. The number of nitro groups is 1. The summed E-state index contributed by atoms with van der Waals surface area (Å²) in [6, 6.07) is 8.74. The van der Waals surface area contributed by atoms with Crippen LogP contribution in [-0.4, -0.2) is 56.0 Å². The van der Waals surface area contributed by atoms with Crippen LogP contribution in [-0.2, 0) is 13.1 Å². The number of amides is 1. The minimum atomic E-state index is -0.575. The molecule has 0 radical (unpaired) electrons. The number of fused-ring (bicyclic) bond motifs is 1. The van der Waals surface area contributed by atoms with Gasteiger partial charge in [0.25, 0.3) is 5.91 Å². The number of hydrogen-bond acceptors (Lipinski definition) is 7. The molecule has 1 aliphatic heterocycles. The highest BCUT2D eigenvalue weighted by Gasteiger charge is 2.25. The molecule has 1 aromatic carbocycles. The van der Waals surface area contributed by atoms with Gasteiger partial charge in [0.2, 0.25) is 0 Å². The number of rotatable bonds is 6. The molecule has 0 unspecified atom stereocenters. The van der Waals surface area contributed by atoms with E-state index in [1.54, 1.807) is 16.8 Å². The highest BCUT2D eigenvalue weighted by molar-refractivity contribution is 5.95. The molecule has 0 saturated heterocycles. The Labute approximate surface area is 194 Å². The van der Waals surface area contributed by atoms with Gasteiger partial charge in [0.1, 0.15) is 18.6 Å². The molecule has 5 rings (SSSR count). The molecule has 1 aliphatic carbocycles. The van der Waals surface area contributed by atoms with Gasteiger partial charge in [-0.2, -0.15) is 0 Å². The van der Waals surface area contributed by atoms with Gasteiger partial charge >= 0.3 is 11.8 Å². The number of imidazole rings is 1. The van der Waals surface area contributed by atoms with Crippen molar-refractivity contribution >= 4 is 11.7 Å². The van der Waals surface area contributed by atoms with E-state index < -0.39 is 10.7 Å². The first-order valence-electron chi connectivity index (χ1n) is 11.1. The fraction of sp³-hybridized carbons (Fsp3) is 0.348. The van der Waals surface area contributed by atoms with Crippen LogP contribution in [0.15, 0.2) is 42.7 Å². The summed E-state index contributed by atoms with van der Waals surface area (Å²) in [5, 5.41) is 13.8. The van der Waals surface area contributed by atoms with Crippen LogP contribution in [0.2, 0.25) is 0 Å². The van der Waals surface area contributed by atoms with Gasteiger partial charge in [-0.3, -0.25) is 19.2 Å². The highest BCUT2D eigenvalue weighted by atomic mass is 19.1. The summed E-state index contributed by atoms with van der Waals surface area (Å²) in [5.74, 6) is -1.20. The van der Waals surface area contributed by atoms with Crippen molar-refractivity contribution in [3.63, 3.8) is 0 Å². The number of nitrogens with zero attached hydrogens (tertiary/aromatic N) is 5. The third-order valence-corrected chi connectivity index (χ3v) is 5.86. The highest BCUT2D eigenvalue weighted by Crippen LogP contribution is 2.24. The minimum Gasteiger partial charge on any atom is -0.444 e. The molecule has 176 valence electrons. The number of carbonyl (C=O) groups is 1. The fourth-order valence-corrected chi connectivity index (χ4v) is 3.87. The second kappa shape index (κ2) is 9.18. The summed E-state index contributed by atoms with van der Waals surface area (Å²) < 4.78 is 21.9. The second-order valence-corrected chi connectivity index (χ2v) is 8.45. The van der Waals surface area contributed by atoms with Crippen molar-refractivity contribution < 1.29 is 18.8 Å². The maximum absolute atomic E-state index is 14.6. The van der Waals surface area contributed by atoms with E-state index in [0.717, 1.165) is 18.4 Å². The molecule has 11 heteroatoms. The number of benzene rings is 1. The number of ether oxygens (including phenoxy) is 1. The standard InChI is InChI=1S/C23H23FN6O4/c24-19-12-16(1-4-18(19)22(31)26-17-2-3-17)20-11-15(5-6-25-20)13-28-7-8-29-14-21(30(32)33)27-23(29)34-10-9-28/h1,4-6,11-12,14,17H,2-3,7-10,13H2,(H,26,31). The van der Waals surface area contributed by atoms with E-state index in [0.29, 0.717) is 44.0 Å². The number of nitrogens with one attached hydrogen (secondary N) is 1. The first-order chi connectivity index (χ1) is 16.5. The average molecular weight is 466 g/mol. The van der Waals surface area contributed by atoms with E-state index >= 15 is 0 Å². The van der Waals surface area contributed by atoms with Crippen molar-refractivity contribution in [1.29, 1.82) is 0 Å². The smallest absolute Gasteiger partial charge is 0.414 e. The zero-order valence-corrected chi connectivity index (χ0v) is 18.3. The van der Waals surface area contributed by atoms with E-state index in [2.05, 4.69) is 20.2 Å². The quantitative estimate of drug-likeness (QED) is 0.439. The van der Waals surface area contributed by atoms with E-state index in [-0.39, 0.29) is 29.3 Å². The fourth-order valence-electron chi connectivity index (χ4n) is 3.87. The van der Waals surface area contributed by atoms with Gasteiger partial charge in [-0.05, 0) is 47.6 Å². The van der Waals surface area contributed by atoms with E-state index in [9.17, 15) is 19.3 Å². The van der Waals surface area contributed by atoms with Crippen LogP contribution in [0.3, 0.4) is 0 Å². The molecule has 0 spiro atoms. The Kier molecular flexibility index (Phi) is 5.93. The monoisotopic (exact) mass is 466 g/mol. The Morgan fingerprint density at radius 3 is 2.85 bits per heavy atom. The van der Waals surface area contributed by atoms with Crippen LogP contribution in [0, 0.1) is 15.9 Å². The van der Waals surface area contributed by atoms with E-state index in [1.165, 1.54) is 18.3 Å². The lowest BCUT2D eigenvalue weighted by molar-refractivity contribution is -0.389. The Bertz CT molecular complexity index is 1240. The van der Waals surface area contributed by atoms with Crippen LogP contribution in [0.1, 0.15) is 28.8 Å². The lowest BCUT2D eigenvalue weighted by Gasteiger charge is -2.24. The van der Waals surface area contributed by atoms with Gasteiger partial charge in [-0.25, -0.2) is 4.39 Å². The molecule has 1 saturated carbocycles. The summed E-state index contributed by atoms with van der Waals surface area (Å²) in [6.45, 7) is 2.74. The average Bonchev–Trinajstić information content (AvgIpc) is 3.53. The van der Waals surface area contributed by atoms with Crippen molar-refractivity contribution in [3.8, 4) is 17.3 Å². The van der Waals surface area contributed by atoms with Gasteiger partial charge in [0.05, 0.1) is 11.3 Å². The number of aromatic nitrogens is 3. The van der Waals surface area contributed by atoms with Gasteiger partial charge in [-0.1, -0.05) is 6.07 Å². The van der Waals surface area contributed by atoms with Crippen LogP contribution in [0.5, 0.6) is 6.01 Å². The van der Waals surface area contributed by atoms with Crippen molar-refractivity contribution in [2.75, 3.05) is 19.7 Å². The van der Waals surface area contributed by atoms with Gasteiger partial charge < -0.3 is 20.2 Å². The third-order valence-electron chi connectivity index (χ3n) is 5.86. The van der Waals surface area contributed by atoms with Gasteiger partial charge in [0.15, 0.2) is 0 Å². The Morgan fingerprint density at radius 1 is 1.24 bits per heavy atom. The number of pyridine rings is 1. The Morgan fingerprint density at radius 2 is 2.09 bits per heavy atom. The first-order valence-corrected chi connectivity index (χ1v) is 11.1. The molecule has 1 N–H and O–H groups in total. The molecular formula is C23H23FN6O4. The van der Waals surface area contributed by atoms with Crippen LogP contribution >= 0.6 is 0 Å². The maximum Gasteiger partial charge on any atom is 0.414 e. The molecule has 0 atom stereocenters. The molecule has 2 aliphatic rings. The third kappa shape index (κ3) is 4.88. The number of hydrogen-bond donors (Lipinski definition) is 1. The van der Waals surface area contributed by atoms with Crippen molar-refractivity contribution in [3.05, 3.63) is 69.8 Å². The lowest BCUT2D eigenvalue weighted by atomic mass is 10.1. The van der Waals surface area contributed by atoms with Crippen LogP contribution in [0.4, 0.5) is 10.2 Å². The normalized spacial score (nSPS) is 16.1. The Hall–Kier alpha value is -3.86. The molecule has 0 bridgehead atoms. The maximum atomic E-state index is 14.6. The van der Waals surface area contributed by atoms with Crippen molar-refractivity contribution in [2.24, 2.45) is 0 Å². The largest absolute Gasteiger partial charge is 0.444 e. The van der Waals surface area contributed by atoms with E-state index in [1.807, 2.05) is 12.1 Å². The molecule has 1 amide bonds. The topological polar surface area (TPSA) is 115 Å². The molecular weight excluding hydrogens is 443 g/mol. The summed E-state index contributed by atoms with van der Waals surface area (Å²) in [7, 11) is 0. The predicted molar refractivity (Wildman–Crippen MR) is 120 cm³/mol. The van der Waals surface area contributed by atoms with Gasteiger partial charge in [0, 0.05) is 49.0 Å². The predicted octanol–water partition coefficient (Wildman–Crippen LogP) is 2.78. The number of carbonyl (C=O) groups excluding carboxylic acids is 1. The number of halogens is 1. The molecule has 1 fully saturated rings. The molecule has 3 aromatic rings. The zero-order chi connectivity index (χ0) is 23.7. The van der Waals surface area contributed by atoms with Crippen LogP contribution < -0.4 is 10.1 Å². The van der Waals surface area contributed by atoms with E-state index in [4.69, 9.17) is 4.74 Å². The zero-order valence-electron chi connectivity index (χ0n) is 18.3. The first kappa shape index (κ1) is 22.0. The molecule has 34 heavy (non-hydrogen) atoms. The summed E-state index contributed by atoms with van der Waals surface area (Å²) in [5.41, 5.74) is 2.22. The van der Waals surface area contributed by atoms with Crippen molar-refractivity contribution in [1.82, 2.24) is 24.8 Å². The molecule has 2 aromatic heterocycles. The molecule has 10 nitrogen and oxygen atoms in total. The summed E-state index contributed by atoms with van der Waals surface area (Å²) in [6.07, 6.45) is 4.93. The van der Waals surface area contributed by atoms with Crippen LogP contribution in [0.25, 0.3) is 11.3 Å². The van der Waals surface area contributed by atoms with Gasteiger partial charge in [-0.15, -0.1) is 0 Å². The minimum absolute atomic E-state index is 0.0338. The summed E-state index contributed by atoms with van der Waals surface area (Å²) >= 11 is 0. The lowest BCUT2D eigenvalue weighted by Crippen LogP contribution is -2.33. The summed E-state index contributed by atoms with van der Waals surface area (Å²) in [4.78, 5) is 33.1. The van der Waals surface area contributed by atoms with Crippen molar-refractivity contribution in [2.45, 2.75) is 32.0 Å². The SMILES string of the molecule is O=C(NC1CC1)c1ccc(-c2cc(CN3CCOc4nc([N+](=O)[O-])cn4CC3)ccn2)cc1F. The molecule has 3 heterocycles.